The molecule has 0 spiro atoms. The first-order valence-corrected chi connectivity index (χ1v) is 13.1. The first kappa shape index (κ1) is 23.8. The highest BCUT2D eigenvalue weighted by Gasteiger charge is 2.28. The monoisotopic (exact) mass is 469 g/mol. The van der Waals surface area contributed by atoms with Crippen molar-refractivity contribution in [2.45, 2.75) is 58.8 Å². The molecule has 0 bridgehead atoms. The minimum Gasteiger partial charge on any atom is -0.494 e. The van der Waals surface area contributed by atoms with Gasteiger partial charge >= 0.3 is 0 Å². The fraction of sp³-hybridized carbons (Fsp3) is 0.538. The Labute approximate surface area is 200 Å². The highest BCUT2D eigenvalue weighted by Crippen LogP contribution is 2.40. The van der Waals surface area contributed by atoms with Gasteiger partial charge in [0.25, 0.3) is 5.91 Å². The van der Waals surface area contributed by atoms with E-state index in [2.05, 4.69) is 22.5 Å². The normalized spacial score (nSPS) is 18.8. The molecule has 2 N–H and O–H groups in total. The van der Waals surface area contributed by atoms with Crippen LogP contribution in [0.3, 0.4) is 0 Å². The lowest BCUT2D eigenvalue weighted by Crippen LogP contribution is -2.34. The summed E-state index contributed by atoms with van der Waals surface area (Å²) in [6, 6.07) is 7.41. The van der Waals surface area contributed by atoms with Crippen molar-refractivity contribution in [2.24, 2.45) is 5.92 Å². The third-order valence-electron chi connectivity index (χ3n) is 6.48. The molecule has 0 unspecified atom stereocenters. The average Bonchev–Trinajstić information content (AvgIpc) is 2.94. The Balaban J connectivity index is 1.51. The second-order valence-corrected chi connectivity index (χ2v) is 10.3. The maximum Gasteiger partial charge on any atom is 0.258 e. The number of nitrogens with zero attached hydrogens (tertiary/aromatic N) is 1. The van der Waals surface area contributed by atoms with E-state index in [9.17, 15) is 9.59 Å². The van der Waals surface area contributed by atoms with Crippen molar-refractivity contribution in [1.29, 1.82) is 0 Å². The fourth-order valence-corrected chi connectivity index (χ4v) is 6.16. The Morgan fingerprint density at radius 3 is 2.52 bits per heavy atom. The number of hydrogen-bond acceptors (Lipinski definition) is 5. The van der Waals surface area contributed by atoms with E-state index in [4.69, 9.17) is 4.74 Å². The number of ether oxygens (including phenoxy) is 1. The van der Waals surface area contributed by atoms with E-state index in [1.165, 1.54) is 17.7 Å². The second-order valence-electron chi connectivity index (χ2n) is 9.21. The Hall–Kier alpha value is -2.38. The Morgan fingerprint density at radius 2 is 1.82 bits per heavy atom. The number of carbonyl (C=O) groups is 2. The molecule has 1 fully saturated rings. The van der Waals surface area contributed by atoms with Crippen LogP contribution in [0.4, 0.5) is 10.7 Å². The van der Waals surface area contributed by atoms with Crippen LogP contribution in [0.25, 0.3) is 0 Å². The van der Waals surface area contributed by atoms with Gasteiger partial charge in [0, 0.05) is 10.6 Å². The first-order valence-electron chi connectivity index (χ1n) is 12.2. The Morgan fingerprint density at radius 1 is 1.09 bits per heavy atom. The van der Waals surface area contributed by atoms with Crippen molar-refractivity contribution in [3.05, 3.63) is 40.3 Å². The molecule has 1 aliphatic heterocycles. The zero-order chi connectivity index (χ0) is 23.2. The quantitative estimate of drug-likeness (QED) is 0.574. The smallest absolute Gasteiger partial charge is 0.258 e. The number of fused-ring (bicyclic) bond motifs is 1. The summed E-state index contributed by atoms with van der Waals surface area (Å²) in [5.41, 5.74) is 2.46. The van der Waals surface area contributed by atoms with E-state index in [0.717, 1.165) is 62.2 Å². The second kappa shape index (κ2) is 11.2. The van der Waals surface area contributed by atoms with Crippen molar-refractivity contribution in [3.63, 3.8) is 0 Å². The standard InChI is InChI=1S/C26H35N3O3S/c1-3-32-20-11-9-19(10-12-20)27-25(31)24-21-13-8-18(2)16-22(21)33-26(24)28-23(30)17-29-14-6-4-5-7-15-29/h9-12,18H,3-8,13-17H2,1-2H3,(H,27,31)(H,28,30)/t18-/m1/s1. The number of thiophene rings is 1. The topological polar surface area (TPSA) is 70.7 Å². The lowest BCUT2D eigenvalue weighted by molar-refractivity contribution is -0.117. The summed E-state index contributed by atoms with van der Waals surface area (Å²) < 4.78 is 5.49. The number of anilines is 2. The predicted octanol–water partition coefficient (Wildman–Crippen LogP) is 5.34. The van der Waals surface area contributed by atoms with Gasteiger partial charge in [0.05, 0.1) is 18.7 Å². The fourth-order valence-electron chi connectivity index (χ4n) is 4.74. The van der Waals surface area contributed by atoms with E-state index in [1.807, 2.05) is 31.2 Å². The molecule has 1 atom stereocenters. The van der Waals surface area contributed by atoms with E-state index in [0.29, 0.717) is 29.6 Å². The molecule has 6 nitrogen and oxygen atoms in total. The SMILES string of the molecule is CCOc1ccc(NC(=O)c2c(NC(=O)CN3CCCCCC3)sc3c2CC[C@@H](C)C3)cc1. The molecule has 2 amide bonds. The lowest BCUT2D eigenvalue weighted by Gasteiger charge is -2.19. The summed E-state index contributed by atoms with van der Waals surface area (Å²) in [5.74, 6) is 1.19. The minimum absolute atomic E-state index is 0.0290. The maximum atomic E-state index is 13.4. The third-order valence-corrected chi connectivity index (χ3v) is 7.65. The van der Waals surface area contributed by atoms with Crippen LogP contribution >= 0.6 is 11.3 Å². The molecule has 2 aromatic rings. The van der Waals surface area contributed by atoms with Gasteiger partial charge in [0.2, 0.25) is 5.91 Å². The third kappa shape index (κ3) is 6.15. The van der Waals surface area contributed by atoms with Crippen molar-refractivity contribution >= 4 is 33.8 Å². The van der Waals surface area contributed by atoms with Gasteiger partial charge < -0.3 is 15.4 Å². The molecule has 2 aliphatic rings. The molecule has 4 rings (SSSR count). The van der Waals surface area contributed by atoms with E-state index >= 15 is 0 Å². The van der Waals surface area contributed by atoms with Crippen LogP contribution in [0.2, 0.25) is 0 Å². The van der Waals surface area contributed by atoms with Gasteiger partial charge in [-0.25, -0.2) is 0 Å². The summed E-state index contributed by atoms with van der Waals surface area (Å²) >= 11 is 1.58. The van der Waals surface area contributed by atoms with Gasteiger partial charge in [-0.15, -0.1) is 11.3 Å². The highest BCUT2D eigenvalue weighted by molar-refractivity contribution is 7.17. The highest BCUT2D eigenvalue weighted by atomic mass is 32.1. The number of carbonyl (C=O) groups excluding carboxylic acids is 2. The zero-order valence-corrected chi connectivity index (χ0v) is 20.6. The van der Waals surface area contributed by atoms with Crippen molar-refractivity contribution < 1.29 is 14.3 Å². The van der Waals surface area contributed by atoms with Gasteiger partial charge in [-0.1, -0.05) is 19.8 Å². The molecular formula is C26H35N3O3S. The van der Waals surface area contributed by atoms with Crippen LogP contribution in [0, 0.1) is 5.92 Å². The molecule has 2 heterocycles. The van der Waals surface area contributed by atoms with Crippen molar-refractivity contribution in [1.82, 2.24) is 4.90 Å². The molecule has 7 heteroatoms. The van der Waals surface area contributed by atoms with Crippen molar-refractivity contribution in [3.8, 4) is 5.75 Å². The van der Waals surface area contributed by atoms with E-state index in [1.54, 1.807) is 11.3 Å². The van der Waals surface area contributed by atoms with Crippen molar-refractivity contribution in [2.75, 3.05) is 36.9 Å². The molecule has 33 heavy (non-hydrogen) atoms. The number of benzene rings is 1. The Kier molecular flexibility index (Phi) is 8.04. The summed E-state index contributed by atoms with van der Waals surface area (Å²) in [6.45, 7) is 7.12. The zero-order valence-electron chi connectivity index (χ0n) is 19.7. The van der Waals surface area contributed by atoms with Gasteiger partial charge in [0.1, 0.15) is 10.8 Å². The minimum atomic E-state index is -0.156. The summed E-state index contributed by atoms with van der Waals surface area (Å²) in [5, 5.41) is 6.82. The van der Waals surface area contributed by atoms with Crippen LogP contribution < -0.4 is 15.4 Å². The number of likely N-dealkylation sites (tertiary alicyclic amines) is 1. The molecule has 1 aromatic heterocycles. The Bertz CT molecular complexity index is 962. The van der Waals surface area contributed by atoms with Crippen LogP contribution in [0.1, 0.15) is 66.8 Å². The molecule has 1 aromatic carbocycles. The molecule has 1 saturated heterocycles. The molecule has 0 saturated carbocycles. The van der Waals surface area contributed by atoms with Gasteiger partial charge in [-0.2, -0.15) is 0 Å². The maximum absolute atomic E-state index is 13.4. The van der Waals surface area contributed by atoms with Crippen LogP contribution in [-0.2, 0) is 17.6 Å². The molecular weight excluding hydrogens is 434 g/mol. The van der Waals surface area contributed by atoms with E-state index in [-0.39, 0.29) is 11.8 Å². The van der Waals surface area contributed by atoms with Crippen LogP contribution in [-0.4, -0.2) is 43.0 Å². The number of amides is 2. The molecule has 1 aliphatic carbocycles. The number of hydrogen-bond donors (Lipinski definition) is 2. The van der Waals surface area contributed by atoms with Crippen LogP contribution in [0.5, 0.6) is 5.75 Å². The summed E-state index contributed by atoms with van der Waals surface area (Å²) in [6.07, 6.45) is 7.68. The molecule has 178 valence electrons. The summed E-state index contributed by atoms with van der Waals surface area (Å²) in [4.78, 5) is 29.8. The van der Waals surface area contributed by atoms with Gasteiger partial charge in [-0.3, -0.25) is 14.5 Å². The van der Waals surface area contributed by atoms with Gasteiger partial charge in [0.15, 0.2) is 0 Å². The summed E-state index contributed by atoms with van der Waals surface area (Å²) in [7, 11) is 0. The average molecular weight is 470 g/mol. The number of nitrogens with one attached hydrogen (secondary N) is 2. The molecule has 0 radical (unpaired) electrons. The van der Waals surface area contributed by atoms with E-state index < -0.39 is 0 Å². The predicted molar refractivity (Wildman–Crippen MR) is 135 cm³/mol. The number of rotatable bonds is 7. The van der Waals surface area contributed by atoms with Crippen LogP contribution in [0.15, 0.2) is 24.3 Å². The lowest BCUT2D eigenvalue weighted by atomic mass is 9.88. The van der Waals surface area contributed by atoms with Gasteiger partial charge in [-0.05, 0) is 87.9 Å². The first-order chi connectivity index (χ1) is 16.0. The largest absolute Gasteiger partial charge is 0.494 e.